The molecular weight excluding hydrogens is 355 g/mol. The zero-order valence-corrected chi connectivity index (χ0v) is 17.3. The van der Waals surface area contributed by atoms with Gasteiger partial charge in [-0.15, -0.1) is 0 Å². The number of carbonyl (C=O) groups is 2. The number of aryl methyl sites for hydroxylation is 2. The van der Waals surface area contributed by atoms with Crippen LogP contribution in [-0.2, 0) is 22.6 Å². The minimum atomic E-state index is -0.633. The fourth-order valence-corrected chi connectivity index (χ4v) is 2.96. The van der Waals surface area contributed by atoms with E-state index in [0.717, 1.165) is 16.7 Å². The number of nitrogens with zero attached hydrogens (tertiary/aromatic N) is 1. The van der Waals surface area contributed by atoms with Gasteiger partial charge in [0.05, 0.1) is 6.42 Å². The zero-order valence-electron chi connectivity index (χ0n) is 17.3. The number of halogens is 1. The van der Waals surface area contributed by atoms with Crippen LogP contribution in [0.15, 0.2) is 42.5 Å². The van der Waals surface area contributed by atoms with Crippen molar-refractivity contribution in [1.29, 1.82) is 0 Å². The molecule has 0 unspecified atom stereocenters. The molecule has 0 bridgehead atoms. The summed E-state index contributed by atoms with van der Waals surface area (Å²) in [7, 11) is 0. The summed E-state index contributed by atoms with van der Waals surface area (Å²) in [6.45, 7) is 9.77. The molecule has 0 radical (unpaired) electrons. The van der Waals surface area contributed by atoms with Crippen LogP contribution in [0.4, 0.5) is 4.39 Å². The van der Waals surface area contributed by atoms with Crippen molar-refractivity contribution < 1.29 is 14.0 Å². The predicted molar refractivity (Wildman–Crippen MR) is 109 cm³/mol. The molecule has 2 amide bonds. The SMILES string of the molecule is Cc1ccc(CC(=O)N(Cc2ccc(F)cc2)[C@H](C)C(=O)NC(C)C)cc1C. The van der Waals surface area contributed by atoms with Crippen molar-refractivity contribution in [3.05, 3.63) is 70.5 Å². The lowest BCUT2D eigenvalue weighted by Crippen LogP contribution is -2.49. The molecule has 150 valence electrons. The van der Waals surface area contributed by atoms with E-state index in [1.165, 1.54) is 17.7 Å². The summed E-state index contributed by atoms with van der Waals surface area (Å²) in [5, 5.41) is 2.86. The van der Waals surface area contributed by atoms with Gasteiger partial charge in [0.15, 0.2) is 0 Å². The molecule has 28 heavy (non-hydrogen) atoms. The van der Waals surface area contributed by atoms with Crippen molar-refractivity contribution in [2.45, 2.75) is 59.7 Å². The summed E-state index contributed by atoms with van der Waals surface area (Å²) in [6.07, 6.45) is 0.210. The van der Waals surface area contributed by atoms with Crippen LogP contribution in [0, 0.1) is 19.7 Å². The van der Waals surface area contributed by atoms with E-state index in [1.807, 2.05) is 45.9 Å². The highest BCUT2D eigenvalue weighted by Crippen LogP contribution is 2.15. The van der Waals surface area contributed by atoms with Crippen molar-refractivity contribution in [2.24, 2.45) is 0 Å². The molecule has 4 nitrogen and oxygen atoms in total. The maximum Gasteiger partial charge on any atom is 0.242 e. The lowest BCUT2D eigenvalue weighted by Gasteiger charge is -2.29. The zero-order chi connectivity index (χ0) is 20.8. The Kier molecular flexibility index (Phi) is 7.32. The Bertz CT molecular complexity index is 831. The molecule has 5 heteroatoms. The molecule has 0 aliphatic rings. The van der Waals surface area contributed by atoms with Crippen molar-refractivity contribution >= 4 is 11.8 Å². The van der Waals surface area contributed by atoms with Gasteiger partial charge in [0.25, 0.3) is 0 Å². The van der Waals surface area contributed by atoms with Gasteiger partial charge < -0.3 is 10.2 Å². The van der Waals surface area contributed by atoms with Crippen LogP contribution in [0.25, 0.3) is 0 Å². The minimum Gasteiger partial charge on any atom is -0.352 e. The first-order valence-corrected chi connectivity index (χ1v) is 9.57. The number of rotatable bonds is 7. The number of carbonyl (C=O) groups excluding carboxylic acids is 2. The number of nitrogens with one attached hydrogen (secondary N) is 1. The Balaban J connectivity index is 2.24. The lowest BCUT2D eigenvalue weighted by molar-refractivity contribution is -0.140. The van der Waals surface area contributed by atoms with Crippen LogP contribution in [0.2, 0.25) is 0 Å². The molecule has 0 fully saturated rings. The summed E-state index contributed by atoms with van der Waals surface area (Å²) in [5.74, 6) is -0.674. The standard InChI is InChI=1S/C23H29FN2O2/c1-15(2)25-23(28)18(5)26(14-19-8-10-21(24)11-9-19)22(27)13-20-7-6-16(3)17(4)12-20/h6-12,15,18H,13-14H2,1-5H3,(H,25,28)/t18-/m1/s1. The molecule has 0 aliphatic carbocycles. The second kappa shape index (κ2) is 9.49. The fourth-order valence-electron chi connectivity index (χ4n) is 2.96. The van der Waals surface area contributed by atoms with Crippen LogP contribution in [0.5, 0.6) is 0 Å². The fraction of sp³-hybridized carbons (Fsp3) is 0.391. The highest BCUT2D eigenvalue weighted by Gasteiger charge is 2.26. The van der Waals surface area contributed by atoms with Crippen LogP contribution < -0.4 is 5.32 Å². The molecule has 0 spiro atoms. The topological polar surface area (TPSA) is 49.4 Å². The predicted octanol–water partition coefficient (Wildman–Crippen LogP) is 3.93. The monoisotopic (exact) mass is 384 g/mol. The van der Waals surface area contributed by atoms with Gasteiger partial charge in [-0.3, -0.25) is 9.59 Å². The minimum absolute atomic E-state index is 0.0162. The molecule has 1 N–H and O–H groups in total. The maximum atomic E-state index is 13.2. The maximum absolute atomic E-state index is 13.2. The van der Waals surface area contributed by atoms with E-state index in [2.05, 4.69) is 5.32 Å². The average Bonchev–Trinajstić information content (AvgIpc) is 2.63. The lowest BCUT2D eigenvalue weighted by atomic mass is 10.0. The second-order valence-corrected chi connectivity index (χ2v) is 7.58. The van der Waals surface area contributed by atoms with Crippen LogP contribution in [-0.4, -0.2) is 28.8 Å². The van der Waals surface area contributed by atoms with E-state index in [-0.39, 0.29) is 36.6 Å². The molecule has 0 aromatic heterocycles. The molecule has 2 rings (SSSR count). The highest BCUT2D eigenvalue weighted by atomic mass is 19.1. The third-order valence-corrected chi connectivity index (χ3v) is 4.79. The van der Waals surface area contributed by atoms with Gasteiger partial charge in [0.2, 0.25) is 11.8 Å². The van der Waals surface area contributed by atoms with Crippen LogP contribution in [0.3, 0.4) is 0 Å². The van der Waals surface area contributed by atoms with E-state index in [9.17, 15) is 14.0 Å². The van der Waals surface area contributed by atoms with E-state index in [4.69, 9.17) is 0 Å². The normalized spacial score (nSPS) is 12.0. The van der Waals surface area contributed by atoms with Crippen molar-refractivity contribution in [2.75, 3.05) is 0 Å². The van der Waals surface area contributed by atoms with Gasteiger partial charge >= 0.3 is 0 Å². The quantitative estimate of drug-likeness (QED) is 0.786. The number of benzene rings is 2. The van der Waals surface area contributed by atoms with E-state index >= 15 is 0 Å². The van der Waals surface area contributed by atoms with Crippen LogP contribution >= 0.6 is 0 Å². The summed E-state index contributed by atoms with van der Waals surface area (Å²) >= 11 is 0. The molecule has 1 atom stereocenters. The Morgan fingerprint density at radius 3 is 2.14 bits per heavy atom. The van der Waals surface area contributed by atoms with Gasteiger partial charge in [0.1, 0.15) is 11.9 Å². The van der Waals surface area contributed by atoms with Gasteiger partial charge in [-0.05, 0) is 69.0 Å². The van der Waals surface area contributed by atoms with E-state index in [1.54, 1.807) is 24.0 Å². The summed E-state index contributed by atoms with van der Waals surface area (Å²) < 4.78 is 13.2. The first-order valence-electron chi connectivity index (χ1n) is 9.57. The molecule has 0 saturated carbocycles. The molecular formula is C23H29FN2O2. The van der Waals surface area contributed by atoms with E-state index in [0.29, 0.717) is 0 Å². The third kappa shape index (κ3) is 5.91. The number of hydrogen-bond acceptors (Lipinski definition) is 2. The Morgan fingerprint density at radius 2 is 1.57 bits per heavy atom. The molecule has 0 aliphatic heterocycles. The Morgan fingerprint density at radius 1 is 0.964 bits per heavy atom. The molecule has 0 heterocycles. The Hall–Kier alpha value is -2.69. The summed E-state index contributed by atoms with van der Waals surface area (Å²) in [4.78, 5) is 27.2. The molecule has 2 aromatic rings. The smallest absolute Gasteiger partial charge is 0.242 e. The average molecular weight is 384 g/mol. The highest BCUT2D eigenvalue weighted by molar-refractivity contribution is 5.88. The van der Waals surface area contributed by atoms with Gasteiger partial charge in [-0.1, -0.05) is 30.3 Å². The first kappa shape index (κ1) is 21.6. The Labute approximate surface area is 166 Å². The van der Waals surface area contributed by atoms with Crippen molar-refractivity contribution in [1.82, 2.24) is 10.2 Å². The first-order chi connectivity index (χ1) is 13.2. The number of amides is 2. The van der Waals surface area contributed by atoms with Crippen molar-refractivity contribution in [3.8, 4) is 0 Å². The largest absolute Gasteiger partial charge is 0.352 e. The molecule has 2 aromatic carbocycles. The van der Waals surface area contributed by atoms with Gasteiger partial charge in [0, 0.05) is 12.6 Å². The van der Waals surface area contributed by atoms with Gasteiger partial charge in [-0.2, -0.15) is 0 Å². The number of hydrogen-bond donors (Lipinski definition) is 1. The summed E-state index contributed by atoms with van der Waals surface area (Å²) in [6, 6.07) is 11.3. The second-order valence-electron chi connectivity index (χ2n) is 7.58. The van der Waals surface area contributed by atoms with E-state index < -0.39 is 6.04 Å². The van der Waals surface area contributed by atoms with Gasteiger partial charge in [-0.25, -0.2) is 4.39 Å². The van der Waals surface area contributed by atoms with Crippen molar-refractivity contribution in [3.63, 3.8) is 0 Å². The van der Waals surface area contributed by atoms with Crippen LogP contribution in [0.1, 0.15) is 43.0 Å². The molecule has 0 saturated heterocycles. The summed E-state index contributed by atoms with van der Waals surface area (Å²) in [5.41, 5.74) is 3.98. The third-order valence-electron chi connectivity index (χ3n) is 4.79.